The Bertz CT molecular complexity index is 446. The number of hydrogen-bond acceptors (Lipinski definition) is 2. The molecule has 0 aromatic heterocycles. The lowest BCUT2D eigenvalue weighted by Gasteiger charge is -2.20. The van der Waals surface area contributed by atoms with E-state index in [4.69, 9.17) is 16.7 Å². The summed E-state index contributed by atoms with van der Waals surface area (Å²) in [4.78, 5) is 22.7. The third-order valence-corrected chi connectivity index (χ3v) is 2.96. The molecule has 0 aliphatic rings. The van der Waals surface area contributed by atoms with Gasteiger partial charge in [0.15, 0.2) is 0 Å². The number of amides is 1. The van der Waals surface area contributed by atoms with E-state index in [0.717, 1.165) is 0 Å². The normalized spacial score (nSPS) is 12.2. The number of benzene rings is 1. The zero-order valence-corrected chi connectivity index (χ0v) is 11.1. The van der Waals surface area contributed by atoms with E-state index in [0.29, 0.717) is 10.6 Å². The van der Waals surface area contributed by atoms with Crippen LogP contribution in [-0.2, 0) is 4.79 Å². The predicted octanol–water partition coefficient (Wildman–Crippen LogP) is 2.57. The van der Waals surface area contributed by atoms with Gasteiger partial charge in [0.1, 0.15) is 0 Å². The second-order valence-corrected chi connectivity index (χ2v) is 4.81. The molecule has 1 aromatic rings. The summed E-state index contributed by atoms with van der Waals surface area (Å²) in [5.74, 6) is -1.25. The van der Waals surface area contributed by atoms with Crippen LogP contribution < -0.4 is 5.32 Å². The van der Waals surface area contributed by atoms with Gasteiger partial charge >= 0.3 is 5.97 Å². The van der Waals surface area contributed by atoms with Crippen LogP contribution in [0.2, 0.25) is 5.02 Å². The average Bonchev–Trinajstić information content (AvgIpc) is 2.27. The van der Waals surface area contributed by atoms with Gasteiger partial charge in [-0.05, 0) is 18.1 Å². The third-order valence-electron chi connectivity index (χ3n) is 2.63. The molecule has 4 nitrogen and oxygen atoms in total. The Morgan fingerprint density at radius 3 is 2.44 bits per heavy atom. The van der Waals surface area contributed by atoms with Crippen LogP contribution >= 0.6 is 11.6 Å². The molecule has 0 radical (unpaired) electrons. The largest absolute Gasteiger partial charge is 0.481 e. The van der Waals surface area contributed by atoms with Crippen molar-refractivity contribution in [2.75, 3.05) is 0 Å². The monoisotopic (exact) mass is 269 g/mol. The van der Waals surface area contributed by atoms with E-state index in [2.05, 4.69) is 5.32 Å². The van der Waals surface area contributed by atoms with Gasteiger partial charge in [-0.15, -0.1) is 0 Å². The molecule has 0 aliphatic heterocycles. The average molecular weight is 270 g/mol. The number of rotatable bonds is 5. The number of nitrogens with one attached hydrogen (secondary N) is 1. The van der Waals surface area contributed by atoms with Gasteiger partial charge in [0.2, 0.25) is 0 Å². The maximum absolute atomic E-state index is 12.0. The van der Waals surface area contributed by atoms with Gasteiger partial charge in [0, 0.05) is 6.04 Å². The standard InChI is InChI=1S/C13H16ClNO3/c1-8(2)11(7-12(16)17)15-13(18)9-5-3-4-6-10(9)14/h3-6,8,11H,7H2,1-2H3,(H,15,18)(H,16,17). The molecule has 0 bridgehead atoms. The van der Waals surface area contributed by atoms with Crippen LogP contribution in [0, 0.1) is 5.92 Å². The zero-order valence-electron chi connectivity index (χ0n) is 10.3. The number of carboxylic acid groups (broad SMARTS) is 1. The highest BCUT2D eigenvalue weighted by atomic mass is 35.5. The maximum Gasteiger partial charge on any atom is 0.305 e. The smallest absolute Gasteiger partial charge is 0.305 e. The van der Waals surface area contributed by atoms with E-state index >= 15 is 0 Å². The van der Waals surface area contributed by atoms with E-state index in [1.807, 2.05) is 13.8 Å². The van der Waals surface area contributed by atoms with Crippen molar-refractivity contribution in [2.45, 2.75) is 26.3 Å². The number of halogens is 1. The molecule has 0 aliphatic carbocycles. The quantitative estimate of drug-likeness (QED) is 0.863. The molecule has 1 rings (SSSR count). The second kappa shape index (κ2) is 6.40. The molecule has 0 saturated heterocycles. The summed E-state index contributed by atoms with van der Waals surface area (Å²) in [6.45, 7) is 3.72. The Morgan fingerprint density at radius 1 is 1.33 bits per heavy atom. The van der Waals surface area contributed by atoms with Crippen molar-refractivity contribution in [1.82, 2.24) is 5.32 Å². The summed E-state index contributed by atoms with van der Waals surface area (Å²) in [6.07, 6.45) is -0.103. The van der Waals surface area contributed by atoms with Crippen LogP contribution in [0.4, 0.5) is 0 Å². The van der Waals surface area contributed by atoms with Crippen molar-refractivity contribution < 1.29 is 14.7 Å². The van der Waals surface area contributed by atoms with Gasteiger partial charge in [-0.2, -0.15) is 0 Å². The van der Waals surface area contributed by atoms with Gasteiger partial charge in [0.25, 0.3) is 5.91 Å². The molecular formula is C13H16ClNO3. The van der Waals surface area contributed by atoms with Crippen molar-refractivity contribution in [1.29, 1.82) is 0 Å². The van der Waals surface area contributed by atoms with Crippen molar-refractivity contribution >= 4 is 23.5 Å². The minimum atomic E-state index is -0.937. The van der Waals surface area contributed by atoms with E-state index in [1.54, 1.807) is 24.3 Å². The van der Waals surface area contributed by atoms with Crippen LogP contribution in [0.3, 0.4) is 0 Å². The third kappa shape index (κ3) is 4.04. The first-order valence-corrected chi connectivity index (χ1v) is 6.06. The topological polar surface area (TPSA) is 66.4 Å². The van der Waals surface area contributed by atoms with Crippen molar-refractivity contribution in [3.8, 4) is 0 Å². The Kier molecular flexibility index (Phi) is 5.16. The number of hydrogen-bond donors (Lipinski definition) is 2. The van der Waals surface area contributed by atoms with Crippen LogP contribution in [0.15, 0.2) is 24.3 Å². The molecule has 5 heteroatoms. The van der Waals surface area contributed by atoms with Crippen molar-refractivity contribution in [3.05, 3.63) is 34.9 Å². The molecule has 1 unspecified atom stereocenters. The maximum atomic E-state index is 12.0. The first kappa shape index (κ1) is 14.5. The molecule has 0 spiro atoms. The molecule has 0 heterocycles. The highest BCUT2D eigenvalue weighted by Gasteiger charge is 2.20. The SMILES string of the molecule is CC(C)C(CC(=O)O)NC(=O)c1ccccc1Cl. The molecular weight excluding hydrogens is 254 g/mol. The van der Waals surface area contributed by atoms with E-state index in [-0.39, 0.29) is 18.2 Å². The molecule has 18 heavy (non-hydrogen) atoms. The molecule has 0 fully saturated rings. The summed E-state index contributed by atoms with van der Waals surface area (Å²) in [7, 11) is 0. The highest BCUT2D eigenvalue weighted by Crippen LogP contribution is 2.16. The van der Waals surface area contributed by atoms with Crippen LogP contribution in [-0.4, -0.2) is 23.0 Å². The Hall–Kier alpha value is -1.55. The summed E-state index contributed by atoms with van der Waals surface area (Å²) in [6, 6.07) is 6.26. The van der Waals surface area contributed by atoms with Gasteiger partial charge < -0.3 is 10.4 Å². The van der Waals surface area contributed by atoms with Crippen LogP contribution in [0.25, 0.3) is 0 Å². The second-order valence-electron chi connectivity index (χ2n) is 4.40. The van der Waals surface area contributed by atoms with Gasteiger partial charge in [-0.3, -0.25) is 9.59 Å². The summed E-state index contributed by atoms with van der Waals surface area (Å²) in [5.41, 5.74) is 0.357. The number of carbonyl (C=O) groups excluding carboxylic acids is 1. The summed E-state index contributed by atoms with van der Waals surface area (Å²) >= 11 is 5.91. The Morgan fingerprint density at radius 2 is 1.94 bits per heavy atom. The highest BCUT2D eigenvalue weighted by molar-refractivity contribution is 6.33. The molecule has 98 valence electrons. The van der Waals surface area contributed by atoms with Gasteiger partial charge in [-0.25, -0.2) is 0 Å². The summed E-state index contributed by atoms with van der Waals surface area (Å²) in [5, 5.41) is 11.8. The lowest BCUT2D eigenvalue weighted by atomic mass is 10.0. The fraction of sp³-hybridized carbons (Fsp3) is 0.385. The fourth-order valence-corrected chi connectivity index (χ4v) is 1.75. The minimum Gasteiger partial charge on any atom is -0.481 e. The number of aliphatic carboxylic acids is 1. The van der Waals surface area contributed by atoms with E-state index in [9.17, 15) is 9.59 Å². The fourth-order valence-electron chi connectivity index (χ4n) is 1.53. The predicted molar refractivity (Wildman–Crippen MR) is 69.8 cm³/mol. The first-order valence-electron chi connectivity index (χ1n) is 5.69. The van der Waals surface area contributed by atoms with Crippen LogP contribution in [0.5, 0.6) is 0 Å². The van der Waals surface area contributed by atoms with Crippen molar-refractivity contribution in [3.63, 3.8) is 0 Å². The molecule has 1 atom stereocenters. The summed E-state index contributed by atoms with van der Waals surface area (Å²) < 4.78 is 0. The minimum absolute atomic E-state index is 0.0348. The van der Waals surface area contributed by atoms with Gasteiger partial charge in [0.05, 0.1) is 17.0 Å². The van der Waals surface area contributed by atoms with E-state index in [1.165, 1.54) is 0 Å². The Balaban J connectivity index is 2.79. The first-order chi connectivity index (χ1) is 8.41. The number of carbonyl (C=O) groups is 2. The lowest BCUT2D eigenvalue weighted by Crippen LogP contribution is -2.40. The Labute approximate surface area is 111 Å². The molecule has 1 aromatic carbocycles. The van der Waals surface area contributed by atoms with Crippen LogP contribution in [0.1, 0.15) is 30.6 Å². The lowest BCUT2D eigenvalue weighted by molar-refractivity contribution is -0.137. The number of carboxylic acids is 1. The van der Waals surface area contributed by atoms with E-state index < -0.39 is 12.0 Å². The molecule has 2 N–H and O–H groups in total. The molecule has 0 saturated carbocycles. The zero-order chi connectivity index (χ0) is 13.7. The van der Waals surface area contributed by atoms with Gasteiger partial charge in [-0.1, -0.05) is 37.6 Å². The molecule has 1 amide bonds. The van der Waals surface area contributed by atoms with Crippen molar-refractivity contribution in [2.24, 2.45) is 5.92 Å².